The number of aryl methyl sites for hydroxylation is 2. The summed E-state index contributed by atoms with van der Waals surface area (Å²) >= 11 is 0. The maximum absolute atomic E-state index is 11.6. The predicted molar refractivity (Wildman–Crippen MR) is 72.4 cm³/mol. The number of aromatic nitrogens is 2. The highest BCUT2D eigenvalue weighted by molar-refractivity contribution is 5.75. The summed E-state index contributed by atoms with van der Waals surface area (Å²) in [6, 6.07) is 0. The van der Waals surface area contributed by atoms with Gasteiger partial charge in [-0.1, -0.05) is 13.8 Å². The van der Waals surface area contributed by atoms with Gasteiger partial charge in [0, 0.05) is 32.3 Å². The lowest BCUT2D eigenvalue weighted by Crippen LogP contribution is -2.35. The molecule has 1 aromatic heterocycles. The molecule has 0 atom stereocenters. The Morgan fingerprint density at radius 2 is 2.17 bits per heavy atom. The molecule has 0 bridgehead atoms. The summed E-state index contributed by atoms with van der Waals surface area (Å²) in [7, 11) is 0. The minimum Gasteiger partial charge on any atom is -0.355 e. The van der Waals surface area contributed by atoms with Crippen LogP contribution in [0.4, 0.5) is 0 Å². The van der Waals surface area contributed by atoms with Gasteiger partial charge >= 0.3 is 0 Å². The van der Waals surface area contributed by atoms with Crippen LogP contribution >= 0.6 is 0 Å². The molecule has 5 nitrogen and oxygen atoms in total. The second-order valence-corrected chi connectivity index (χ2v) is 4.41. The SMILES string of the molecule is CCN(CC)CCNC(=O)CCn1cc(C)cn1. The topological polar surface area (TPSA) is 50.2 Å². The fraction of sp³-hybridized carbons (Fsp3) is 0.692. The second-order valence-electron chi connectivity index (χ2n) is 4.41. The van der Waals surface area contributed by atoms with Crippen LogP contribution in [0.5, 0.6) is 0 Å². The molecule has 0 spiro atoms. The van der Waals surface area contributed by atoms with E-state index in [-0.39, 0.29) is 5.91 Å². The molecular formula is C13H24N4O. The van der Waals surface area contributed by atoms with E-state index >= 15 is 0 Å². The van der Waals surface area contributed by atoms with Crippen LogP contribution in [-0.4, -0.2) is 46.8 Å². The first-order chi connectivity index (χ1) is 8.65. The van der Waals surface area contributed by atoms with Crippen molar-refractivity contribution in [1.82, 2.24) is 20.0 Å². The minimum absolute atomic E-state index is 0.0929. The fourth-order valence-electron chi connectivity index (χ4n) is 1.79. The lowest BCUT2D eigenvalue weighted by Gasteiger charge is -2.17. The van der Waals surface area contributed by atoms with E-state index in [0.717, 1.165) is 31.7 Å². The number of nitrogens with zero attached hydrogens (tertiary/aromatic N) is 3. The Kier molecular flexibility index (Phi) is 6.43. The summed E-state index contributed by atoms with van der Waals surface area (Å²) in [6.07, 6.45) is 4.24. The molecule has 0 aromatic carbocycles. The van der Waals surface area contributed by atoms with Crippen molar-refractivity contribution >= 4 is 5.91 Å². The Labute approximate surface area is 109 Å². The van der Waals surface area contributed by atoms with Crippen molar-refractivity contribution in [2.45, 2.75) is 33.7 Å². The Hall–Kier alpha value is -1.36. The number of carbonyl (C=O) groups excluding carboxylic acids is 1. The van der Waals surface area contributed by atoms with Gasteiger partial charge in [0.25, 0.3) is 0 Å². The van der Waals surface area contributed by atoms with Gasteiger partial charge in [0.2, 0.25) is 5.91 Å². The smallest absolute Gasteiger partial charge is 0.221 e. The van der Waals surface area contributed by atoms with Crippen molar-refractivity contribution in [1.29, 1.82) is 0 Å². The molecule has 0 aliphatic carbocycles. The van der Waals surface area contributed by atoms with Gasteiger partial charge in [-0.05, 0) is 25.6 Å². The molecule has 5 heteroatoms. The maximum Gasteiger partial charge on any atom is 0.221 e. The summed E-state index contributed by atoms with van der Waals surface area (Å²) in [5, 5.41) is 7.09. The number of hydrogen-bond acceptors (Lipinski definition) is 3. The van der Waals surface area contributed by atoms with Gasteiger partial charge in [-0.2, -0.15) is 5.10 Å². The zero-order valence-electron chi connectivity index (χ0n) is 11.6. The fourth-order valence-corrected chi connectivity index (χ4v) is 1.79. The van der Waals surface area contributed by atoms with E-state index in [9.17, 15) is 4.79 Å². The van der Waals surface area contributed by atoms with Crippen molar-refractivity contribution in [3.05, 3.63) is 18.0 Å². The van der Waals surface area contributed by atoms with Gasteiger partial charge in [-0.15, -0.1) is 0 Å². The molecule has 0 aliphatic rings. The van der Waals surface area contributed by atoms with Gasteiger partial charge < -0.3 is 10.2 Å². The Bertz CT molecular complexity index is 358. The van der Waals surface area contributed by atoms with Crippen molar-refractivity contribution in [3.63, 3.8) is 0 Å². The zero-order valence-corrected chi connectivity index (χ0v) is 11.6. The van der Waals surface area contributed by atoms with E-state index in [1.54, 1.807) is 10.9 Å². The van der Waals surface area contributed by atoms with Crippen LogP contribution in [-0.2, 0) is 11.3 Å². The first-order valence-electron chi connectivity index (χ1n) is 6.63. The standard InChI is InChI=1S/C13H24N4O/c1-4-16(5-2)9-7-14-13(18)6-8-17-11-12(3)10-15-17/h10-11H,4-9H2,1-3H3,(H,14,18). The van der Waals surface area contributed by atoms with E-state index in [0.29, 0.717) is 13.0 Å². The molecule has 0 radical (unpaired) electrons. The van der Waals surface area contributed by atoms with Gasteiger partial charge in [-0.3, -0.25) is 9.48 Å². The van der Waals surface area contributed by atoms with Crippen molar-refractivity contribution in [2.24, 2.45) is 0 Å². The summed E-state index contributed by atoms with van der Waals surface area (Å²) < 4.78 is 1.80. The lowest BCUT2D eigenvalue weighted by atomic mass is 10.4. The number of hydrogen-bond donors (Lipinski definition) is 1. The highest BCUT2D eigenvalue weighted by Gasteiger charge is 2.03. The third-order valence-corrected chi connectivity index (χ3v) is 2.97. The van der Waals surface area contributed by atoms with E-state index in [1.165, 1.54) is 0 Å². The van der Waals surface area contributed by atoms with Crippen molar-refractivity contribution in [3.8, 4) is 0 Å². The van der Waals surface area contributed by atoms with E-state index in [2.05, 4.69) is 29.2 Å². The molecular weight excluding hydrogens is 228 g/mol. The van der Waals surface area contributed by atoms with Crippen LogP contribution in [0.15, 0.2) is 12.4 Å². The molecule has 1 aromatic rings. The third-order valence-electron chi connectivity index (χ3n) is 2.97. The van der Waals surface area contributed by atoms with Crippen molar-refractivity contribution < 1.29 is 4.79 Å². The highest BCUT2D eigenvalue weighted by Crippen LogP contribution is 1.95. The molecule has 102 valence electrons. The molecule has 0 saturated heterocycles. The Morgan fingerprint density at radius 3 is 2.72 bits per heavy atom. The highest BCUT2D eigenvalue weighted by atomic mass is 16.1. The molecule has 1 rings (SSSR count). The zero-order chi connectivity index (χ0) is 13.4. The molecule has 0 aliphatic heterocycles. The normalized spacial score (nSPS) is 10.9. The van der Waals surface area contributed by atoms with Crippen LogP contribution in [0.3, 0.4) is 0 Å². The van der Waals surface area contributed by atoms with Crippen LogP contribution in [0, 0.1) is 6.92 Å². The summed E-state index contributed by atoms with van der Waals surface area (Å²) in [5.74, 6) is 0.0929. The lowest BCUT2D eigenvalue weighted by molar-refractivity contribution is -0.121. The maximum atomic E-state index is 11.6. The largest absolute Gasteiger partial charge is 0.355 e. The van der Waals surface area contributed by atoms with Gasteiger partial charge in [0.15, 0.2) is 0 Å². The molecule has 1 amide bonds. The predicted octanol–water partition coefficient (Wildman–Crippen LogP) is 1.04. The van der Waals surface area contributed by atoms with E-state index in [1.807, 2.05) is 13.1 Å². The molecule has 18 heavy (non-hydrogen) atoms. The molecule has 0 unspecified atom stereocenters. The molecule has 0 fully saturated rings. The van der Waals surface area contributed by atoms with Gasteiger partial charge in [0.05, 0.1) is 6.20 Å². The first kappa shape index (κ1) is 14.7. The van der Waals surface area contributed by atoms with E-state index in [4.69, 9.17) is 0 Å². The van der Waals surface area contributed by atoms with Crippen LogP contribution in [0.1, 0.15) is 25.8 Å². The number of rotatable bonds is 8. The average molecular weight is 252 g/mol. The van der Waals surface area contributed by atoms with Gasteiger partial charge in [-0.25, -0.2) is 0 Å². The monoisotopic (exact) mass is 252 g/mol. The van der Waals surface area contributed by atoms with Crippen molar-refractivity contribution in [2.75, 3.05) is 26.2 Å². The quantitative estimate of drug-likeness (QED) is 0.752. The number of likely N-dealkylation sites (N-methyl/N-ethyl adjacent to an activating group) is 1. The summed E-state index contributed by atoms with van der Waals surface area (Å²) in [4.78, 5) is 13.9. The summed E-state index contributed by atoms with van der Waals surface area (Å²) in [5.41, 5.74) is 1.12. The third kappa shape index (κ3) is 5.31. The summed E-state index contributed by atoms with van der Waals surface area (Å²) in [6.45, 7) is 10.6. The number of amides is 1. The Morgan fingerprint density at radius 1 is 1.44 bits per heavy atom. The average Bonchev–Trinajstić information content (AvgIpc) is 2.78. The number of carbonyl (C=O) groups is 1. The number of nitrogens with one attached hydrogen (secondary N) is 1. The Balaban J connectivity index is 2.14. The van der Waals surface area contributed by atoms with Gasteiger partial charge in [0.1, 0.15) is 0 Å². The second kappa shape index (κ2) is 7.87. The van der Waals surface area contributed by atoms with Crippen LogP contribution in [0.25, 0.3) is 0 Å². The van der Waals surface area contributed by atoms with Crippen LogP contribution in [0.2, 0.25) is 0 Å². The van der Waals surface area contributed by atoms with Crippen LogP contribution < -0.4 is 5.32 Å². The minimum atomic E-state index is 0.0929. The first-order valence-corrected chi connectivity index (χ1v) is 6.63. The molecule has 0 saturated carbocycles. The van der Waals surface area contributed by atoms with E-state index < -0.39 is 0 Å². The molecule has 1 N–H and O–H groups in total. The molecule has 1 heterocycles.